The van der Waals surface area contributed by atoms with Gasteiger partial charge in [0.2, 0.25) is 0 Å². The Bertz CT molecular complexity index is 505. The molecule has 0 aliphatic rings. The Labute approximate surface area is 183 Å². The van der Waals surface area contributed by atoms with E-state index in [4.69, 9.17) is 44.5 Å². The normalized spacial score (nSPS) is 9.23. The maximum Gasteiger partial charge on any atom is 2.00 e. The number of hydrogen-bond donors (Lipinski definition) is 3. The second-order valence-electron chi connectivity index (χ2n) is 3.41. The summed E-state index contributed by atoms with van der Waals surface area (Å²) in [4.78, 5) is 46.7. The van der Waals surface area contributed by atoms with Crippen molar-refractivity contribution < 1.29 is 112 Å². The summed E-state index contributed by atoms with van der Waals surface area (Å²) >= 11 is 0. The van der Waals surface area contributed by atoms with Crippen LogP contribution in [0.4, 0.5) is 0 Å². The van der Waals surface area contributed by atoms with Gasteiger partial charge in [-0.15, -0.1) is 0 Å². The zero-order valence-electron chi connectivity index (χ0n) is 14.3. The number of carboxylic acids is 5. The zero-order chi connectivity index (χ0) is 20.7. The number of carbonyl (C=O) groups excluding carboxylic acids is 3. The van der Waals surface area contributed by atoms with Crippen molar-refractivity contribution in [2.75, 3.05) is 0 Å². The van der Waals surface area contributed by atoms with Gasteiger partial charge in [-0.2, -0.15) is 8.42 Å². The predicted octanol–water partition coefficient (Wildman–Crippen LogP) is -7.93. The third-order valence-corrected chi connectivity index (χ3v) is 2.08. The number of carboxylic acid groups (broad SMARTS) is 5. The molecule has 0 aliphatic carbocycles. The van der Waals surface area contributed by atoms with Gasteiger partial charge in [0.05, 0.1) is 6.42 Å². The molecule has 0 radical (unpaired) electrons. The molecular weight excluding hydrogens is 449 g/mol. The van der Waals surface area contributed by atoms with Crippen molar-refractivity contribution in [1.82, 2.24) is 0 Å². The van der Waals surface area contributed by atoms with E-state index in [1.54, 1.807) is 0 Å². The molecule has 0 spiro atoms. The van der Waals surface area contributed by atoms with Crippen molar-refractivity contribution in [3.05, 3.63) is 0 Å². The Hall–Kier alpha value is -1.12. The van der Waals surface area contributed by atoms with Crippen LogP contribution in [0.5, 0.6) is 0 Å². The zero-order valence-corrected chi connectivity index (χ0v) is 20.1. The van der Waals surface area contributed by atoms with Gasteiger partial charge in [-0.05, 0) is 20.8 Å². The second kappa shape index (κ2) is 21.9. The summed E-state index contributed by atoms with van der Waals surface area (Å²) in [5.74, 6) is -6.75. The summed E-state index contributed by atoms with van der Waals surface area (Å²) in [6.45, 7) is 2.92. The van der Waals surface area contributed by atoms with E-state index < -0.39 is 51.6 Å². The van der Waals surface area contributed by atoms with Crippen LogP contribution in [0.2, 0.25) is 0 Å². The van der Waals surface area contributed by atoms with Gasteiger partial charge < -0.3 is 39.9 Å². The molecular formula is C10H15NaO13SZn. The van der Waals surface area contributed by atoms with Gasteiger partial charge in [-0.1, -0.05) is 0 Å². The molecule has 0 bridgehead atoms. The Morgan fingerprint density at radius 2 is 1.04 bits per heavy atom. The maximum atomic E-state index is 10.2. The van der Waals surface area contributed by atoms with E-state index in [0.29, 0.717) is 0 Å². The first-order valence-electron chi connectivity index (χ1n) is 5.38. The molecule has 26 heavy (non-hydrogen) atoms. The molecule has 1 unspecified atom stereocenters. The van der Waals surface area contributed by atoms with Crippen molar-refractivity contribution in [2.24, 2.45) is 0 Å². The van der Waals surface area contributed by atoms with E-state index in [1.165, 1.54) is 0 Å². The Kier molecular flexibility index (Phi) is 33.6. The first kappa shape index (κ1) is 39.8. The molecule has 0 heterocycles. The van der Waals surface area contributed by atoms with Gasteiger partial charge in [-0.3, -0.25) is 14.1 Å². The van der Waals surface area contributed by atoms with Gasteiger partial charge in [0, 0.05) is 17.9 Å². The molecule has 0 aromatic carbocycles. The monoisotopic (exact) mass is 462 g/mol. The molecule has 0 saturated carbocycles. The average molecular weight is 464 g/mol. The van der Waals surface area contributed by atoms with Gasteiger partial charge in [0.1, 0.15) is 0 Å². The van der Waals surface area contributed by atoms with Crippen LogP contribution in [0.3, 0.4) is 0 Å². The van der Waals surface area contributed by atoms with Crippen LogP contribution in [0.1, 0.15) is 27.2 Å². The first-order valence-corrected chi connectivity index (χ1v) is 6.89. The van der Waals surface area contributed by atoms with E-state index in [1.807, 2.05) is 0 Å². The summed E-state index contributed by atoms with van der Waals surface area (Å²) in [5.41, 5.74) is 0. The molecule has 3 N–H and O–H groups in total. The summed E-state index contributed by atoms with van der Waals surface area (Å²) in [6, 6.07) is 0. The molecule has 0 aliphatic heterocycles. The average Bonchev–Trinajstić information content (AvgIpc) is 2.20. The third kappa shape index (κ3) is 66.0. The molecule has 1 atom stereocenters. The van der Waals surface area contributed by atoms with Crippen LogP contribution in [-0.4, -0.2) is 58.3 Å². The van der Waals surface area contributed by atoms with Crippen LogP contribution in [-0.2, 0) is 53.6 Å². The van der Waals surface area contributed by atoms with Crippen molar-refractivity contribution >= 4 is 40.0 Å². The van der Waals surface area contributed by atoms with E-state index in [0.717, 1.165) is 20.8 Å². The minimum atomic E-state index is -4.84. The van der Waals surface area contributed by atoms with Crippen molar-refractivity contribution in [3.8, 4) is 0 Å². The Balaban J connectivity index is -0.0000000597. The molecule has 16 heteroatoms. The van der Waals surface area contributed by atoms with E-state index in [-0.39, 0.29) is 49.0 Å². The van der Waals surface area contributed by atoms with Crippen molar-refractivity contribution in [2.45, 2.75) is 32.4 Å². The molecule has 0 amide bonds. The van der Waals surface area contributed by atoms with Crippen molar-refractivity contribution in [1.29, 1.82) is 0 Å². The van der Waals surface area contributed by atoms with Crippen LogP contribution in [0.25, 0.3) is 0 Å². The predicted molar refractivity (Wildman–Crippen MR) is 67.3 cm³/mol. The quantitative estimate of drug-likeness (QED) is 0.259. The van der Waals surface area contributed by atoms with Crippen LogP contribution >= 0.6 is 0 Å². The third-order valence-electron chi connectivity index (χ3n) is 0.995. The van der Waals surface area contributed by atoms with Gasteiger partial charge in [0.15, 0.2) is 5.25 Å². The molecule has 0 saturated heterocycles. The van der Waals surface area contributed by atoms with Gasteiger partial charge in [0.25, 0.3) is 10.1 Å². The first-order chi connectivity index (χ1) is 10.4. The second-order valence-corrected chi connectivity index (χ2v) is 5.01. The summed E-state index contributed by atoms with van der Waals surface area (Å²) in [6.07, 6.45) is -1.16. The molecule has 13 nitrogen and oxygen atoms in total. The van der Waals surface area contributed by atoms with Crippen LogP contribution < -0.4 is 44.9 Å². The number of rotatable bonds is 4. The molecule has 0 fully saturated rings. The molecule has 0 rings (SSSR count). The number of aliphatic carboxylic acids is 5. The van der Waals surface area contributed by atoms with Gasteiger partial charge in [-0.25, -0.2) is 0 Å². The van der Waals surface area contributed by atoms with Crippen LogP contribution in [0.15, 0.2) is 0 Å². The maximum absolute atomic E-state index is 10.2. The van der Waals surface area contributed by atoms with E-state index in [2.05, 4.69) is 0 Å². The smallest absolute Gasteiger partial charge is 0.550 e. The van der Waals surface area contributed by atoms with Crippen molar-refractivity contribution in [3.63, 3.8) is 0 Å². The minimum absolute atomic E-state index is 0. The number of hydrogen-bond acceptors (Lipinski definition) is 10. The summed E-state index contributed by atoms with van der Waals surface area (Å²) in [7, 11) is -4.84. The SMILES string of the molecule is CC(=O)[O-].CC(=O)[O-].CC(=O)[O-].O=C(O)CC(C(=O)O)S(=O)(=O)O.[Na+].[Zn+2]. The van der Waals surface area contributed by atoms with E-state index in [9.17, 15) is 18.0 Å². The fourth-order valence-electron chi connectivity index (χ4n) is 0.479. The minimum Gasteiger partial charge on any atom is -0.550 e. The summed E-state index contributed by atoms with van der Waals surface area (Å²) < 4.78 is 28.7. The Morgan fingerprint density at radius 1 is 0.846 bits per heavy atom. The molecule has 0 aromatic rings. The fraction of sp³-hybridized carbons (Fsp3) is 0.500. The molecule has 0 aromatic heterocycles. The molecule has 142 valence electrons. The largest absolute Gasteiger partial charge is 2.00 e. The fourth-order valence-corrected chi connectivity index (χ4v) is 1.09. The summed E-state index contributed by atoms with van der Waals surface area (Å²) in [5, 5.41) is 40.6. The number of carbonyl (C=O) groups is 5. The van der Waals surface area contributed by atoms with E-state index >= 15 is 0 Å². The standard InChI is InChI=1S/C4H6O7S.3C2H4O2.Na.Zn/c5-3(6)1-2(4(7)8)12(9,10)11;3*1-2(3)4;;/h2H,1H2,(H,5,6)(H,7,8)(H,9,10,11);3*1H3,(H,3,4);;/q;;;;+1;+2/p-3. The van der Waals surface area contributed by atoms with Crippen LogP contribution in [0, 0.1) is 0 Å². The Morgan fingerprint density at radius 3 is 1.08 bits per heavy atom. The van der Waals surface area contributed by atoms with Gasteiger partial charge >= 0.3 is 61.0 Å². The topological polar surface area (TPSA) is 249 Å².